The average Bonchev–Trinajstić information content (AvgIpc) is 2.61. The van der Waals surface area contributed by atoms with Gasteiger partial charge in [0.2, 0.25) is 0 Å². The van der Waals surface area contributed by atoms with Crippen LogP contribution < -0.4 is 14.8 Å². The molecule has 1 amide bonds. The van der Waals surface area contributed by atoms with Gasteiger partial charge in [-0.05, 0) is 43.3 Å². The molecule has 0 fully saturated rings. The first-order chi connectivity index (χ1) is 12.1. The number of halogens is 1. The number of nitrogens with zero attached hydrogens (tertiary/aromatic N) is 1. The Hall–Kier alpha value is -2.78. The number of rotatable bonds is 6. The minimum absolute atomic E-state index is 0.0392. The lowest BCUT2D eigenvalue weighted by Gasteiger charge is -2.11. The summed E-state index contributed by atoms with van der Waals surface area (Å²) >= 11 is 3.37. The van der Waals surface area contributed by atoms with E-state index in [1.54, 1.807) is 30.3 Å². The highest BCUT2D eigenvalue weighted by Gasteiger charge is 2.13. The van der Waals surface area contributed by atoms with Crippen molar-refractivity contribution in [2.45, 2.75) is 6.92 Å². The van der Waals surface area contributed by atoms with Gasteiger partial charge in [-0.2, -0.15) is 5.26 Å². The van der Waals surface area contributed by atoms with Crippen molar-refractivity contribution in [3.63, 3.8) is 0 Å². The minimum atomic E-state index is -0.517. The van der Waals surface area contributed by atoms with Gasteiger partial charge in [0.1, 0.15) is 23.1 Å². The molecule has 0 aromatic heterocycles. The lowest BCUT2D eigenvalue weighted by atomic mass is 10.1. The molecule has 25 heavy (non-hydrogen) atoms. The van der Waals surface area contributed by atoms with Gasteiger partial charge in [-0.15, -0.1) is 0 Å². The number of benzene rings is 2. The highest BCUT2D eigenvalue weighted by molar-refractivity contribution is 9.10. The molecule has 0 radical (unpaired) electrons. The van der Waals surface area contributed by atoms with Crippen LogP contribution in [0.3, 0.4) is 0 Å². The molecule has 1 N–H and O–H groups in total. The fourth-order valence-corrected chi connectivity index (χ4v) is 2.54. The fraction of sp³-hybridized carbons (Fsp3) is 0.158. The molecule has 0 saturated carbocycles. The highest BCUT2D eigenvalue weighted by atomic mass is 79.9. The monoisotopic (exact) mass is 400 g/mol. The van der Waals surface area contributed by atoms with E-state index in [1.165, 1.54) is 13.2 Å². The van der Waals surface area contributed by atoms with Gasteiger partial charge in [0.05, 0.1) is 19.4 Å². The van der Waals surface area contributed by atoms with Crippen molar-refractivity contribution < 1.29 is 14.3 Å². The quantitative estimate of drug-likeness (QED) is 0.575. The first-order valence-corrected chi connectivity index (χ1v) is 8.36. The topological polar surface area (TPSA) is 71.3 Å². The molecule has 5 nitrogen and oxygen atoms in total. The first-order valence-electron chi connectivity index (χ1n) is 7.57. The number of carbonyl (C=O) groups excluding carboxylic acids is 1. The third-order valence-corrected chi connectivity index (χ3v) is 3.79. The van der Waals surface area contributed by atoms with Gasteiger partial charge in [-0.3, -0.25) is 4.79 Å². The Bertz CT molecular complexity index is 841. The van der Waals surface area contributed by atoms with E-state index in [9.17, 15) is 10.1 Å². The van der Waals surface area contributed by atoms with Crippen molar-refractivity contribution in [2.24, 2.45) is 0 Å². The van der Waals surface area contributed by atoms with Crippen LogP contribution in [0.4, 0.5) is 5.69 Å². The van der Waals surface area contributed by atoms with Crippen LogP contribution in [0.5, 0.6) is 11.5 Å². The number of hydrogen-bond donors (Lipinski definition) is 1. The van der Waals surface area contributed by atoms with E-state index < -0.39 is 5.91 Å². The largest absolute Gasteiger partial charge is 0.496 e. The molecule has 128 valence electrons. The predicted octanol–water partition coefficient (Wildman–Crippen LogP) is 4.40. The Morgan fingerprint density at radius 2 is 2.04 bits per heavy atom. The van der Waals surface area contributed by atoms with Crippen LogP contribution in [0.25, 0.3) is 6.08 Å². The van der Waals surface area contributed by atoms with E-state index in [2.05, 4.69) is 21.2 Å². The van der Waals surface area contributed by atoms with E-state index in [4.69, 9.17) is 9.47 Å². The second kappa shape index (κ2) is 8.90. The van der Waals surface area contributed by atoms with Crippen LogP contribution in [0.15, 0.2) is 52.5 Å². The third kappa shape index (κ3) is 4.85. The van der Waals surface area contributed by atoms with Gasteiger partial charge in [0.15, 0.2) is 0 Å². The van der Waals surface area contributed by atoms with Gasteiger partial charge in [0.25, 0.3) is 5.91 Å². The Morgan fingerprint density at radius 3 is 2.72 bits per heavy atom. The second-order valence-corrected chi connectivity index (χ2v) is 5.86. The fourth-order valence-electron chi connectivity index (χ4n) is 2.16. The summed E-state index contributed by atoms with van der Waals surface area (Å²) < 4.78 is 11.6. The summed E-state index contributed by atoms with van der Waals surface area (Å²) in [5.41, 5.74) is 1.10. The van der Waals surface area contributed by atoms with Crippen molar-refractivity contribution in [3.8, 4) is 17.6 Å². The van der Waals surface area contributed by atoms with Gasteiger partial charge in [-0.1, -0.05) is 28.1 Å². The molecule has 0 unspecified atom stereocenters. The summed E-state index contributed by atoms with van der Waals surface area (Å²) in [4.78, 5) is 12.5. The predicted molar refractivity (Wildman–Crippen MR) is 101 cm³/mol. The molecule has 6 heteroatoms. The Balaban J connectivity index is 2.31. The Labute approximate surface area is 155 Å². The molecule has 0 spiro atoms. The molecular formula is C19H17BrN2O3. The molecule has 2 rings (SSSR count). The van der Waals surface area contributed by atoms with Crippen LogP contribution in [-0.4, -0.2) is 19.6 Å². The molecule has 2 aromatic carbocycles. The number of hydrogen-bond acceptors (Lipinski definition) is 4. The molecule has 0 atom stereocenters. The first kappa shape index (κ1) is 18.6. The molecule has 0 heterocycles. The summed E-state index contributed by atoms with van der Waals surface area (Å²) in [5, 5.41) is 12.1. The number of nitriles is 1. The lowest BCUT2D eigenvalue weighted by Crippen LogP contribution is -2.14. The van der Waals surface area contributed by atoms with E-state index in [1.807, 2.05) is 25.1 Å². The lowest BCUT2D eigenvalue weighted by molar-refractivity contribution is -0.112. The number of amides is 1. The molecule has 0 aliphatic rings. The van der Waals surface area contributed by atoms with E-state index >= 15 is 0 Å². The summed E-state index contributed by atoms with van der Waals surface area (Å²) in [6.07, 6.45) is 1.49. The number of methoxy groups -OCH3 is 1. The van der Waals surface area contributed by atoms with E-state index in [0.717, 1.165) is 4.47 Å². The SMILES string of the molecule is CCOc1ccccc1NC(=O)/C(C#N)=C/c1cc(Br)ccc1OC. The van der Waals surface area contributed by atoms with E-state index in [0.29, 0.717) is 29.4 Å². The van der Waals surface area contributed by atoms with Crippen molar-refractivity contribution in [1.82, 2.24) is 0 Å². The summed E-state index contributed by atoms with van der Waals surface area (Å²) in [6.45, 7) is 2.34. The zero-order valence-corrected chi connectivity index (χ0v) is 15.5. The van der Waals surface area contributed by atoms with Crippen LogP contribution in [0.2, 0.25) is 0 Å². The van der Waals surface area contributed by atoms with Gasteiger partial charge < -0.3 is 14.8 Å². The third-order valence-electron chi connectivity index (χ3n) is 3.29. The van der Waals surface area contributed by atoms with Gasteiger partial charge in [0, 0.05) is 10.0 Å². The summed E-state index contributed by atoms with van der Waals surface area (Å²) in [5.74, 6) is 0.603. The molecule has 0 aliphatic carbocycles. The maximum atomic E-state index is 12.5. The van der Waals surface area contributed by atoms with Crippen LogP contribution in [0.1, 0.15) is 12.5 Å². The number of carbonyl (C=O) groups is 1. The Morgan fingerprint density at radius 1 is 1.28 bits per heavy atom. The Kier molecular flexibility index (Phi) is 6.61. The zero-order valence-electron chi connectivity index (χ0n) is 13.9. The number of para-hydroxylation sites is 2. The summed E-state index contributed by atoms with van der Waals surface area (Å²) in [7, 11) is 1.53. The zero-order chi connectivity index (χ0) is 18.2. The second-order valence-electron chi connectivity index (χ2n) is 4.94. The molecule has 0 saturated heterocycles. The highest BCUT2D eigenvalue weighted by Crippen LogP contribution is 2.27. The average molecular weight is 401 g/mol. The van der Waals surface area contributed by atoms with E-state index in [-0.39, 0.29) is 5.57 Å². The van der Waals surface area contributed by atoms with Gasteiger partial charge in [-0.25, -0.2) is 0 Å². The van der Waals surface area contributed by atoms with Crippen molar-refractivity contribution in [2.75, 3.05) is 19.0 Å². The maximum Gasteiger partial charge on any atom is 0.266 e. The number of anilines is 1. The normalized spacial score (nSPS) is 10.7. The molecular weight excluding hydrogens is 384 g/mol. The molecule has 0 bridgehead atoms. The number of ether oxygens (including phenoxy) is 2. The molecule has 0 aliphatic heterocycles. The maximum absolute atomic E-state index is 12.5. The van der Waals surface area contributed by atoms with Crippen molar-refractivity contribution >= 4 is 33.6 Å². The standard InChI is InChI=1S/C19H17BrN2O3/c1-3-25-18-7-5-4-6-16(18)22-19(23)14(12-21)10-13-11-15(20)8-9-17(13)24-2/h4-11H,3H2,1-2H3,(H,22,23)/b14-10+. The van der Waals surface area contributed by atoms with Crippen molar-refractivity contribution in [1.29, 1.82) is 5.26 Å². The van der Waals surface area contributed by atoms with Gasteiger partial charge >= 0.3 is 0 Å². The van der Waals surface area contributed by atoms with Crippen molar-refractivity contribution in [3.05, 3.63) is 58.1 Å². The summed E-state index contributed by atoms with van der Waals surface area (Å²) in [6, 6.07) is 14.4. The smallest absolute Gasteiger partial charge is 0.266 e. The van der Waals surface area contributed by atoms with Crippen LogP contribution in [-0.2, 0) is 4.79 Å². The van der Waals surface area contributed by atoms with Crippen LogP contribution in [0, 0.1) is 11.3 Å². The molecule has 2 aromatic rings. The number of nitrogens with one attached hydrogen (secondary N) is 1. The minimum Gasteiger partial charge on any atom is -0.496 e. The van der Waals surface area contributed by atoms with Crippen LogP contribution >= 0.6 is 15.9 Å².